The Morgan fingerprint density at radius 3 is 2.50 bits per heavy atom. The SMILES string of the molecule is CNCC1CCN(S(=O)(=O)NCC(C)SC)CC1. The Morgan fingerprint density at radius 2 is 2.00 bits per heavy atom. The third kappa shape index (κ3) is 5.05. The first-order valence-corrected chi connectivity index (χ1v) is 9.14. The van der Waals surface area contributed by atoms with Gasteiger partial charge in [0.2, 0.25) is 0 Å². The lowest BCUT2D eigenvalue weighted by Gasteiger charge is -2.31. The van der Waals surface area contributed by atoms with Gasteiger partial charge in [-0.1, -0.05) is 6.92 Å². The summed E-state index contributed by atoms with van der Waals surface area (Å²) in [6, 6.07) is 0. The van der Waals surface area contributed by atoms with Crippen LogP contribution in [-0.2, 0) is 10.2 Å². The molecular weight excluding hydrogens is 270 g/mol. The predicted molar refractivity (Wildman–Crippen MR) is 78.1 cm³/mol. The van der Waals surface area contributed by atoms with E-state index in [-0.39, 0.29) is 0 Å². The van der Waals surface area contributed by atoms with Gasteiger partial charge in [-0.15, -0.1) is 0 Å². The molecule has 1 aliphatic heterocycles. The van der Waals surface area contributed by atoms with Crippen molar-refractivity contribution in [3.05, 3.63) is 0 Å². The second kappa shape index (κ2) is 7.69. The van der Waals surface area contributed by atoms with Crippen molar-refractivity contribution >= 4 is 22.0 Å². The standard InChI is InChI=1S/C11H25N3O2S2/c1-10(17-3)8-13-18(15,16)14-6-4-11(5-7-14)9-12-2/h10-13H,4-9H2,1-3H3. The van der Waals surface area contributed by atoms with Gasteiger partial charge in [0.1, 0.15) is 0 Å². The summed E-state index contributed by atoms with van der Waals surface area (Å²) in [4.78, 5) is 0. The van der Waals surface area contributed by atoms with E-state index in [1.54, 1.807) is 16.1 Å². The van der Waals surface area contributed by atoms with Gasteiger partial charge in [-0.3, -0.25) is 0 Å². The molecule has 7 heteroatoms. The van der Waals surface area contributed by atoms with Crippen molar-refractivity contribution in [3.8, 4) is 0 Å². The van der Waals surface area contributed by atoms with E-state index in [2.05, 4.69) is 10.0 Å². The summed E-state index contributed by atoms with van der Waals surface area (Å²) >= 11 is 1.67. The molecule has 1 aliphatic rings. The largest absolute Gasteiger partial charge is 0.319 e. The van der Waals surface area contributed by atoms with E-state index in [1.807, 2.05) is 20.2 Å². The lowest BCUT2D eigenvalue weighted by Crippen LogP contribution is -2.47. The maximum Gasteiger partial charge on any atom is 0.279 e. The van der Waals surface area contributed by atoms with Gasteiger partial charge >= 0.3 is 0 Å². The molecule has 0 aliphatic carbocycles. The Morgan fingerprint density at radius 1 is 1.39 bits per heavy atom. The molecule has 0 bridgehead atoms. The normalized spacial score (nSPS) is 21.1. The van der Waals surface area contributed by atoms with E-state index in [0.29, 0.717) is 30.8 Å². The number of thioether (sulfide) groups is 1. The molecule has 0 aromatic rings. The molecule has 0 aromatic heterocycles. The molecule has 0 amide bonds. The molecule has 0 aromatic carbocycles. The van der Waals surface area contributed by atoms with Crippen molar-refractivity contribution in [3.63, 3.8) is 0 Å². The Kier molecular flexibility index (Phi) is 6.94. The van der Waals surface area contributed by atoms with Crippen LogP contribution in [0.1, 0.15) is 19.8 Å². The smallest absolute Gasteiger partial charge is 0.279 e. The number of nitrogens with zero attached hydrogens (tertiary/aromatic N) is 1. The number of piperidine rings is 1. The minimum Gasteiger partial charge on any atom is -0.319 e. The highest BCUT2D eigenvalue weighted by molar-refractivity contribution is 7.99. The Bertz CT molecular complexity index is 327. The molecule has 1 rings (SSSR count). The van der Waals surface area contributed by atoms with E-state index in [0.717, 1.165) is 19.4 Å². The van der Waals surface area contributed by atoms with Crippen LogP contribution in [0.3, 0.4) is 0 Å². The third-order valence-corrected chi connectivity index (χ3v) is 5.91. The molecule has 2 N–H and O–H groups in total. The topological polar surface area (TPSA) is 61.4 Å². The van der Waals surface area contributed by atoms with E-state index < -0.39 is 10.2 Å². The first kappa shape index (κ1) is 16.2. The number of rotatable bonds is 7. The summed E-state index contributed by atoms with van der Waals surface area (Å²) in [5.74, 6) is 0.603. The van der Waals surface area contributed by atoms with Crippen molar-refractivity contribution in [2.75, 3.05) is 39.5 Å². The lowest BCUT2D eigenvalue weighted by atomic mass is 9.98. The highest BCUT2D eigenvalue weighted by atomic mass is 32.2. The van der Waals surface area contributed by atoms with Gasteiger partial charge in [-0.25, -0.2) is 4.72 Å². The molecule has 18 heavy (non-hydrogen) atoms. The fourth-order valence-electron chi connectivity index (χ4n) is 2.04. The number of hydrogen-bond donors (Lipinski definition) is 2. The molecule has 0 saturated carbocycles. The fourth-order valence-corrected chi connectivity index (χ4v) is 3.73. The van der Waals surface area contributed by atoms with Gasteiger partial charge in [0.15, 0.2) is 0 Å². The van der Waals surface area contributed by atoms with E-state index in [4.69, 9.17) is 0 Å². The quantitative estimate of drug-likeness (QED) is 0.718. The van der Waals surface area contributed by atoms with Crippen LogP contribution in [0, 0.1) is 5.92 Å². The molecule has 1 unspecified atom stereocenters. The minimum atomic E-state index is -3.28. The van der Waals surface area contributed by atoms with Crippen molar-refractivity contribution < 1.29 is 8.42 Å². The summed E-state index contributed by atoms with van der Waals surface area (Å²) in [6.07, 6.45) is 3.88. The summed E-state index contributed by atoms with van der Waals surface area (Å²) < 4.78 is 28.4. The minimum absolute atomic E-state index is 0.307. The van der Waals surface area contributed by atoms with Crippen molar-refractivity contribution in [1.82, 2.24) is 14.3 Å². The van der Waals surface area contributed by atoms with Gasteiger partial charge in [0, 0.05) is 24.9 Å². The maximum atomic E-state index is 12.1. The molecule has 108 valence electrons. The summed E-state index contributed by atoms with van der Waals surface area (Å²) in [6.45, 7) is 4.77. The first-order chi connectivity index (χ1) is 8.49. The molecule has 0 radical (unpaired) electrons. The van der Waals surface area contributed by atoms with Crippen LogP contribution >= 0.6 is 11.8 Å². The maximum absolute atomic E-state index is 12.1. The van der Waals surface area contributed by atoms with E-state index >= 15 is 0 Å². The van der Waals surface area contributed by atoms with Crippen molar-refractivity contribution in [2.45, 2.75) is 25.0 Å². The third-order valence-electron chi connectivity index (χ3n) is 3.36. The van der Waals surface area contributed by atoms with E-state index in [9.17, 15) is 8.42 Å². The van der Waals surface area contributed by atoms with Crippen LogP contribution in [0.25, 0.3) is 0 Å². The average molecular weight is 295 g/mol. The molecule has 0 spiro atoms. The lowest BCUT2D eigenvalue weighted by molar-refractivity contribution is 0.268. The van der Waals surface area contributed by atoms with Gasteiger partial charge < -0.3 is 5.32 Å². The zero-order valence-electron chi connectivity index (χ0n) is 11.5. The van der Waals surface area contributed by atoms with Gasteiger partial charge in [-0.2, -0.15) is 24.5 Å². The Labute approximate surface area is 115 Å². The zero-order valence-corrected chi connectivity index (χ0v) is 13.1. The average Bonchev–Trinajstić information content (AvgIpc) is 2.37. The summed E-state index contributed by atoms with van der Waals surface area (Å²) in [5.41, 5.74) is 0. The van der Waals surface area contributed by atoms with Crippen LogP contribution in [0.4, 0.5) is 0 Å². The molecule has 1 saturated heterocycles. The summed E-state index contributed by atoms with van der Waals surface area (Å²) in [7, 11) is -1.34. The van der Waals surface area contributed by atoms with Crippen LogP contribution in [0.15, 0.2) is 0 Å². The van der Waals surface area contributed by atoms with Crippen LogP contribution in [-0.4, -0.2) is 57.5 Å². The van der Waals surface area contributed by atoms with Crippen molar-refractivity contribution in [2.24, 2.45) is 5.92 Å². The van der Waals surface area contributed by atoms with Crippen LogP contribution in [0.5, 0.6) is 0 Å². The Hall–Kier alpha value is 0.180. The van der Waals surface area contributed by atoms with Gasteiger partial charge in [0.05, 0.1) is 0 Å². The van der Waals surface area contributed by atoms with Gasteiger partial charge in [-0.05, 0) is 38.6 Å². The highest BCUT2D eigenvalue weighted by Gasteiger charge is 2.27. The zero-order chi connectivity index (χ0) is 13.6. The fraction of sp³-hybridized carbons (Fsp3) is 1.00. The number of nitrogens with one attached hydrogen (secondary N) is 2. The molecule has 5 nitrogen and oxygen atoms in total. The summed E-state index contributed by atoms with van der Waals surface area (Å²) in [5, 5.41) is 3.46. The first-order valence-electron chi connectivity index (χ1n) is 6.41. The number of hydrogen-bond acceptors (Lipinski definition) is 4. The monoisotopic (exact) mass is 295 g/mol. The van der Waals surface area contributed by atoms with Crippen molar-refractivity contribution in [1.29, 1.82) is 0 Å². The molecule has 1 fully saturated rings. The van der Waals surface area contributed by atoms with Gasteiger partial charge in [0.25, 0.3) is 10.2 Å². The molecule has 1 heterocycles. The van der Waals surface area contributed by atoms with Crippen LogP contribution in [0.2, 0.25) is 0 Å². The second-order valence-electron chi connectivity index (χ2n) is 4.80. The molecule has 1 atom stereocenters. The second-order valence-corrected chi connectivity index (χ2v) is 7.83. The van der Waals surface area contributed by atoms with E-state index in [1.165, 1.54) is 0 Å². The van der Waals surface area contributed by atoms with Crippen LogP contribution < -0.4 is 10.0 Å². The predicted octanol–water partition coefficient (Wildman–Crippen LogP) is 0.504. The highest BCUT2D eigenvalue weighted by Crippen LogP contribution is 2.18. The Balaban J connectivity index is 2.40. The molecular formula is C11H25N3O2S2.